The van der Waals surface area contributed by atoms with Crippen molar-refractivity contribution in [2.24, 2.45) is 5.73 Å². The fourth-order valence-corrected chi connectivity index (χ4v) is 2.64. The quantitative estimate of drug-likeness (QED) is 0.850. The smallest absolute Gasteiger partial charge is 0.123 e. The fourth-order valence-electron chi connectivity index (χ4n) is 2.64. The van der Waals surface area contributed by atoms with E-state index in [1.54, 1.807) is 12.1 Å². The second kappa shape index (κ2) is 3.96. The maximum Gasteiger partial charge on any atom is 0.123 e. The highest BCUT2D eigenvalue weighted by Gasteiger charge is 2.36. The fraction of sp³-hybridized carbons (Fsp3) is 0.538. The number of benzene rings is 1. The Labute approximate surface area is 99.7 Å². The van der Waals surface area contributed by atoms with Crippen molar-refractivity contribution in [3.63, 3.8) is 0 Å². The predicted molar refractivity (Wildman–Crippen MR) is 61.5 cm³/mol. The van der Waals surface area contributed by atoms with Gasteiger partial charge < -0.3 is 15.2 Å². The topological polar surface area (TPSA) is 44.5 Å². The second-order valence-electron chi connectivity index (χ2n) is 5.07. The van der Waals surface area contributed by atoms with E-state index < -0.39 is 0 Å². The molecule has 0 aromatic heterocycles. The van der Waals surface area contributed by atoms with Gasteiger partial charge in [0, 0.05) is 30.6 Å². The molecule has 0 bridgehead atoms. The van der Waals surface area contributed by atoms with Crippen molar-refractivity contribution in [2.75, 3.05) is 13.2 Å². The number of hydrogen-bond acceptors (Lipinski definition) is 3. The third-order valence-corrected chi connectivity index (χ3v) is 3.53. The Hall–Kier alpha value is -1.13. The van der Waals surface area contributed by atoms with Gasteiger partial charge in [-0.3, -0.25) is 0 Å². The van der Waals surface area contributed by atoms with Crippen LogP contribution in [0.3, 0.4) is 0 Å². The molecule has 0 saturated carbocycles. The highest BCUT2D eigenvalue weighted by molar-refractivity contribution is 5.38. The van der Waals surface area contributed by atoms with Gasteiger partial charge in [0.1, 0.15) is 17.7 Å². The lowest BCUT2D eigenvalue weighted by Crippen LogP contribution is -2.44. The maximum atomic E-state index is 13.1. The van der Waals surface area contributed by atoms with E-state index in [2.05, 4.69) is 0 Å². The van der Waals surface area contributed by atoms with Crippen LogP contribution in [-0.4, -0.2) is 24.9 Å². The van der Waals surface area contributed by atoms with Crippen LogP contribution in [0.2, 0.25) is 0 Å². The molecule has 4 heteroatoms. The molecule has 17 heavy (non-hydrogen) atoms. The molecule has 2 N–H and O–H groups in total. The molecule has 2 unspecified atom stereocenters. The largest absolute Gasteiger partial charge is 0.490 e. The van der Waals surface area contributed by atoms with E-state index in [0.29, 0.717) is 6.61 Å². The summed E-state index contributed by atoms with van der Waals surface area (Å²) in [6, 6.07) is 4.67. The molecule has 2 atom stereocenters. The summed E-state index contributed by atoms with van der Waals surface area (Å²) in [6.45, 7) is 1.32. The van der Waals surface area contributed by atoms with Crippen molar-refractivity contribution in [1.82, 2.24) is 0 Å². The standard InChI is InChI=1S/C13H16FNO2/c14-10-1-2-12-9(5-10)6-11(17-12)7-13(15)3-4-16-8-13/h1-2,5,11H,3-4,6-8,15H2. The Kier molecular flexibility index (Phi) is 2.56. The minimum absolute atomic E-state index is 0.0542. The zero-order chi connectivity index (χ0) is 11.9. The lowest BCUT2D eigenvalue weighted by atomic mass is 9.91. The normalized spacial score (nSPS) is 31.3. The molecule has 0 spiro atoms. The van der Waals surface area contributed by atoms with Crippen molar-refractivity contribution in [1.29, 1.82) is 0 Å². The van der Waals surface area contributed by atoms with E-state index in [4.69, 9.17) is 15.2 Å². The average Bonchev–Trinajstić information content (AvgIpc) is 2.84. The Morgan fingerprint density at radius 2 is 2.35 bits per heavy atom. The number of halogens is 1. The van der Waals surface area contributed by atoms with E-state index in [1.807, 2.05) is 0 Å². The van der Waals surface area contributed by atoms with Crippen molar-refractivity contribution in [2.45, 2.75) is 30.9 Å². The van der Waals surface area contributed by atoms with E-state index in [0.717, 1.165) is 37.2 Å². The summed E-state index contributed by atoms with van der Waals surface area (Å²) in [4.78, 5) is 0. The number of fused-ring (bicyclic) bond motifs is 1. The van der Waals surface area contributed by atoms with Crippen LogP contribution >= 0.6 is 0 Å². The first-order valence-electron chi connectivity index (χ1n) is 5.96. The van der Waals surface area contributed by atoms with Gasteiger partial charge >= 0.3 is 0 Å². The molecule has 1 aromatic carbocycles. The van der Waals surface area contributed by atoms with Gasteiger partial charge in [-0.05, 0) is 24.6 Å². The van der Waals surface area contributed by atoms with Crippen molar-refractivity contribution in [3.8, 4) is 5.75 Å². The third-order valence-electron chi connectivity index (χ3n) is 3.53. The number of hydrogen-bond donors (Lipinski definition) is 1. The van der Waals surface area contributed by atoms with Crippen LogP contribution in [0.1, 0.15) is 18.4 Å². The Balaban J connectivity index is 1.69. The van der Waals surface area contributed by atoms with Crippen molar-refractivity contribution in [3.05, 3.63) is 29.6 Å². The molecule has 3 rings (SSSR count). The maximum absolute atomic E-state index is 13.1. The van der Waals surface area contributed by atoms with Gasteiger partial charge in [-0.1, -0.05) is 0 Å². The predicted octanol–water partition coefficient (Wildman–Crippen LogP) is 1.64. The van der Waals surface area contributed by atoms with Gasteiger partial charge in [0.25, 0.3) is 0 Å². The molecule has 2 heterocycles. The van der Waals surface area contributed by atoms with Crippen LogP contribution in [0.25, 0.3) is 0 Å². The molecule has 2 aliphatic heterocycles. The minimum Gasteiger partial charge on any atom is -0.490 e. The molecule has 0 radical (unpaired) electrons. The van der Waals surface area contributed by atoms with Crippen LogP contribution in [0.15, 0.2) is 18.2 Å². The van der Waals surface area contributed by atoms with Crippen molar-refractivity contribution < 1.29 is 13.9 Å². The van der Waals surface area contributed by atoms with Crippen LogP contribution in [0.5, 0.6) is 5.75 Å². The van der Waals surface area contributed by atoms with Gasteiger partial charge in [-0.2, -0.15) is 0 Å². The summed E-state index contributed by atoms with van der Waals surface area (Å²) >= 11 is 0. The molecule has 1 fully saturated rings. The first-order valence-corrected chi connectivity index (χ1v) is 5.96. The molecular weight excluding hydrogens is 221 g/mol. The number of rotatable bonds is 2. The molecular formula is C13H16FNO2. The van der Waals surface area contributed by atoms with Gasteiger partial charge in [-0.15, -0.1) is 0 Å². The molecule has 3 nitrogen and oxygen atoms in total. The zero-order valence-electron chi connectivity index (χ0n) is 9.62. The molecule has 0 aliphatic carbocycles. The summed E-state index contributed by atoms with van der Waals surface area (Å²) in [7, 11) is 0. The van der Waals surface area contributed by atoms with Gasteiger partial charge in [0.05, 0.1) is 6.61 Å². The van der Waals surface area contributed by atoms with E-state index >= 15 is 0 Å². The summed E-state index contributed by atoms with van der Waals surface area (Å²) in [6.07, 6.45) is 2.44. The van der Waals surface area contributed by atoms with Gasteiger partial charge in [-0.25, -0.2) is 4.39 Å². The minimum atomic E-state index is -0.273. The number of ether oxygens (including phenoxy) is 2. The van der Waals surface area contributed by atoms with Gasteiger partial charge in [0.15, 0.2) is 0 Å². The zero-order valence-corrected chi connectivity index (χ0v) is 9.62. The van der Waals surface area contributed by atoms with Crippen LogP contribution in [0.4, 0.5) is 4.39 Å². The molecule has 0 amide bonds. The Morgan fingerprint density at radius 3 is 3.12 bits per heavy atom. The summed E-state index contributed by atoms with van der Waals surface area (Å²) in [5, 5.41) is 0. The molecule has 1 saturated heterocycles. The summed E-state index contributed by atoms with van der Waals surface area (Å²) in [5.74, 6) is 0.582. The Morgan fingerprint density at radius 1 is 1.47 bits per heavy atom. The van der Waals surface area contributed by atoms with Crippen molar-refractivity contribution >= 4 is 0 Å². The monoisotopic (exact) mass is 237 g/mol. The SMILES string of the molecule is NC1(CC2Cc3cc(F)ccc3O2)CCOC1. The van der Waals surface area contributed by atoms with Crippen LogP contribution in [0, 0.1) is 5.82 Å². The first-order chi connectivity index (χ1) is 8.15. The highest BCUT2D eigenvalue weighted by Crippen LogP contribution is 2.33. The van der Waals surface area contributed by atoms with E-state index in [9.17, 15) is 4.39 Å². The van der Waals surface area contributed by atoms with Crippen LogP contribution in [-0.2, 0) is 11.2 Å². The second-order valence-corrected chi connectivity index (χ2v) is 5.07. The first kappa shape index (κ1) is 11.0. The lowest BCUT2D eigenvalue weighted by Gasteiger charge is -2.25. The highest BCUT2D eigenvalue weighted by atomic mass is 19.1. The van der Waals surface area contributed by atoms with Gasteiger partial charge in [0.2, 0.25) is 0 Å². The molecule has 92 valence electrons. The summed E-state index contributed by atoms with van der Waals surface area (Å²) in [5.41, 5.74) is 6.89. The Bertz CT molecular complexity index is 429. The average molecular weight is 237 g/mol. The third kappa shape index (κ3) is 2.15. The van der Waals surface area contributed by atoms with Crippen LogP contribution < -0.4 is 10.5 Å². The number of nitrogens with two attached hydrogens (primary N) is 1. The van der Waals surface area contributed by atoms with E-state index in [-0.39, 0.29) is 17.5 Å². The van der Waals surface area contributed by atoms with E-state index in [1.165, 1.54) is 6.07 Å². The summed E-state index contributed by atoms with van der Waals surface area (Å²) < 4.78 is 24.2. The molecule has 2 aliphatic rings. The molecule has 1 aromatic rings. The lowest BCUT2D eigenvalue weighted by molar-refractivity contribution is 0.144.